The summed E-state index contributed by atoms with van der Waals surface area (Å²) < 4.78 is 11.5. The van der Waals surface area contributed by atoms with Crippen molar-refractivity contribution in [1.29, 1.82) is 0 Å². The molecule has 6 nitrogen and oxygen atoms in total. The summed E-state index contributed by atoms with van der Waals surface area (Å²) in [6, 6.07) is 14.1. The molecule has 1 aromatic carbocycles. The molecule has 1 fully saturated rings. The van der Waals surface area contributed by atoms with Crippen molar-refractivity contribution in [3.8, 4) is 11.3 Å². The molecule has 0 atom stereocenters. The van der Waals surface area contributed by atoms with Gasteiger partial charge < -0.3 is 24.1 Å². The molecule has 7 heteroatoms. The molecule has 30 heavy (non-hydrogen) atoms. The molecule has 0 spiro atoms. The Morgan fingerprint density at radius 2 is 1.90 bits per heavy atom. The highest BCUT2D eigenvalue weighted by Crippen LogP contribution is 2.34. The average molecular weight is 425 g/mol. The van der Waals surface area contributed by atoms with Crippen LogP contribution in [-0.2, 0) is 13.1 Å². The number of thiocarbonyl (C=S) groups is 1. The molecular weight excluding hydrogens is 396 g/mol. The lowest BCUT2D eigenvalue weighted by Crippen LogP contribution is -2.39. The zero-order valence-electron chi connectivity index (χ0n) is 17.3. The fourth-order valence-electron chi connectivity index (χ4n) is 3.86. The second-order valence-corrected chi connectivity index (χ2v) is 7.89. The van der Waals surface area contributed by atoms with Crippen LogP contribution in [0.5, 0.6) is 0 Å². The fraction of sp³-hybridized carbons (Fsp3) is 0.391. The van der Waals surface area contributed by atoms with Gasteiger partial charge in [0, 0.05) is 25.2 Å². The lowest BCUT2D eigenvalue weighted by molar-refractivity contribution is 0.349. The van der Waals surface area contributed by atoms with Crippen molar-refractivity contribution in [2.45, 2.75) is 39.3 Å². The summed E-state index contributed by atoms with van der Waals surface area (Å²) in [5.41, 5.74) is 2.99. The third kappa shape index (κ3) is 4.67. The molecule has 1 saturated heterocycles. The van der Waals surface area contributed by atoms with Crippen molar-refractivity contribution in [3.05, 3.63) is 60.1 Å². The summed E-state index contributed by atoms with van der Waals surface area (Å²) in [4.78, 5) is 4.43. The summed E-state index contributed by atoms with van der Waals surface area (Å²) >= 11 is 5.69. The van der Waals surface area contributed by atoms with Gasteiger partial charge in [0.25, 0.3) is 0 Å². The van der Waals surface area contributed by atoms with Gasteiger partial charge in [-0.15, -0.1) is 0 Å². The molecule has 158 valence electrons. The number of hydrogen-bond donors (Lipinski definition) is 1. The first kappa shape index (κ1) is 20.5. The molecule has 1 aliphatic heterocycles. The predicted octanol–water partition coefficient (Wildman–Crippen LogP) is 4.82. The van der Waals surface area contributed by atoms with Crippen molar-refractivity contribution in [2.75, 3.05) is 24.5 Å². The lowest BCUT2D eigenvalue weighted by Gasteiger charge is -2.29. The Morgan fingerprint density at radius 1 is 1.10 bits per heavy atom. The van der Waals surface area contributed by atoms with Gasteiger partial charge in [-0.25, -0.2) is 0 Å². The maximum Gasteiger partial charge on any atom is 0.232 e. The number of rotatable bonds is 7. The Kier molecular flexibility index (Phi) is 6.69. The van der Waals surface area contributed by atoms with E-state index in [2.05, 4.69) is 32.4 Å². The summed E-state index contributed by atoms with van der Waals surface area (Å²) in [7, 11) is 0. The van der Waals surface area contributed by atoms with Gasteiger partial charge in [0.1, 0.15) is 11.5 Å². The Labute approximate surface area is 182 Å². The van der Waals surface area contributed by atoms with Crippen molar-refractivity contribution >= 4 is 23.2 Å². The molecule has 0 amide bonds. The first-order chi connectivity index (χ1) is 14.8. The van der Waals surface area contributed by atoms with Crippen molar-refractivity contribution in [1.82, 2.24) is 15.4 Å². The van der Waals surface area contributed by atoms with Crippen LogP contribution in [0.25, 0.3) is 11.3 Å². The molecule has 1 N–H and O–H groups in total. The highest BCUT2D eigenvalue weighted by Gasteiger charge is 2.26. The number of nitrogens with zero attached hydrogens (tertiary/aromatic N) is 3. The Balaban J connectivity index is 1.69. The maximum atomic E-state index is 5.93. The number of nitrogens with one attached hydrogen (secondary N) is 1. The standard InChI is InChI=1S/C23H28N4O2S/c1-2-24-23(30)27(16-19-12-9-15-28-19)17-20-21(18-10-5-3-6-11-18)25-29-22(20)26-13-7-4-8-14-26/h3,5-6,9-12,15H,2,4,7-8,13-14,16-17H2,1H3,(H,24,30). The normalized spacial score (nSPS) is 14.0. The van der Waals surface area contributed by atoms with Crippen molar-refractivity contribution in [2.24, 2.45) is 0 Å². The van der Waals surface area contributed by atoms with Gasteiger partial charge in [0.2, 0.25) is 5.88 Å². The number of aromatic nitrogens is 1. The van der Waals surface area contributed by atoms with E-state index in [4.69, 9.17) is 21.2 Å². The summed E-state index contributed by atoms with van der Waals surface area (Å²) in [6.07, 6.45) is 5.30. The van der Waals surface area contributed by atoms with Crippen LogP contribution < -0.4 is 10.2 Å². The van der Waals surface area contributed by atoms with E-state index in [0.29, 0.717) is 18.2 Å². The molecule has 2 aromatic heterocycles. The van der Waals surface area contributed by atoms with Gasteiger partial charge in [-0.3, -0.25) is 0 Å². The van der Waals surface area contributed by atoms with Crippen molar-refractivity contribution in [3.63, 3.8) is 0 Å². The minimum absolute atomic E-state index is 0.581. The van der Waals surface area contributed by atoms with Crippen LogP contribution >= 0.6 is 12.2 Å². The number of benzene rings is 1. The van der Waals surface area contributed by atoms with Gasteiger partial charge in [-0.05, 0) is 50.5 Å². The molecule has 0 aliphatic carbocycles. The van der Waals surface area contributed by atoms with E-state index in [-0.39, 0.29) is 0 Å². The molecule has 0 unspecified atom stereocenters. The highest BCUT2D eigenvalue weighted by atomic mass is 32.1. The van der Waals surface area contributed by atoms with Crippen LogP contribution in [0.4, 0.5) is 5.88 Å². The molecule has 3 heterocycles. The van der Waals surface area contributed by atoms with Gasteiger partial charge in [0.05, 0.1) is 24.9 Å². The first-order valence-corrected chi connectivity index (χ1v) is 11.0. The minimum Gasteiger partial charge on any atom is -0.467 e. The molecule has 0 saturated carbocycles. The summed E-state index contributed by atoms with van der Waals surface area (Å²) in [5, 5.41) is 8.46. The second-order valence-electron chi connectivity index (χ2n) is 7.50. The van der Waals surface area contributed by atoms with Gasteiger partial charge in [0.15, 0.2) is 5.11 Å². The Hall–Kier alpha value is -2.80. The molecule has 0 radical (unpaired) electrons. The molecule has 0 bridgehead atoms. The lowest BCUT2D eigenvalue weighted by atomic mass is 10.1. The minimum atomic E-state index is 0.581. The zero-order valence-corrected chi connectivity index (χ0v) is 18.2. The van der Waals surface area contributed by atoms with Crippen LogP contribution in [0.2, 0.25) is 0 Å². The van der Waals surface area contributed by atoms with E-state index in [1.54, 1.807) is 6.26 Å². The summed E-state index contributed by atoms with van der Waals surface area (Å²) in [5.74, 6) is 1.73. The predicted molar refractivity (Wildman–Crippen MR) is 122 cm³/mol. The third-order valence-electron chi connectivity index (χ3n) is 5.35. The summed E-state index contributed by atoms with van der Waals surface area (Å²) in [6.45, 7) is 5.97. The molecule has 3 aromatic rings. The van der Waals surface area contributed by atoms with Crippen LogP contribution in [0, 0.1) is 0 Å². The van der Waals surface area contributed by atoms with Crippen molar-refractivity contribution < 1.29 is 8.94 Å². The van der Waals surface area contributed by atoms with E-state index in [0.717, 1.165) is 48.1 Å². The number of piperidine rings is 1. The Morgan fingerprint density at radius 3 is 2.60 bits per heavy atom. The van der Waals surface area contributed by atoms with E-state index in [9.17, 15) is 0 Å². The van der Waals surface area contributed by atoms with Gasteiger partial charge >= 0.3 is 0 Å². The quantitative estimate of drug-likeness (QED) is 0.546. The van der Waals surface area contributed by atoms with Gasteiger partial charge in [-0.2, -0.15) is 0 Å². The monoisotopic (exact) mass is 424 g/mol. The number of furan rings is 1. The number of hydrogen-bond acceptors (Lipinski definition) is 5. The van der Waals surface area contributed by atoms with E-state index < -0.39 is 0 Å². The number of anilines is 1. The topological polar surface area (TPSA) is 57.7 Å². The SMILES string of the molecule is CCNC(=S)N(Cc1ccco1)Cc1c(-c2ccccc2)noc1N1CCCCC1. The van der Waals surface area contributed by atoms with Crippen LogP contribution in [0.1, 0.15) is 37.5 Å². The smallest absolute Gasteiger partial charge is 0.232 e. The largest absolute Gasteiger partial charge is 0.467 e. The van der Waals surface area contributed by atoms with E-state index >= 15 is 0 Å². The molecule has 4 rings (SSSR count). The first-order valence-electron chi connectivity index (χ1n) is 10.6. The van der Waals surface area contributed by atoms with E-state index in [1.807, 2.05) is 37.3 Å². The fourth-order valence-corrected chi connectivity index (χ4v) is 4.13. The highest BCUT2D eigenvalue weighted by molar-refractivity contribution is 7.80. The van der Waals surface area contributed by atoms with Crippen LogP contribution in [0.15, 0.2) is 57.7 Å². The van der Waals surface area contributed by atoms with Crippen LogP contribution in [-0.4, -0.2) is 34.8 Å². The Bertz CT molecular complexity index is 934. The van der Waals surface area contributed by atoms with Gasteiger partial charge in [-0.1, -0.05) is 35.5 Å². The third-order valence-corrected chi connectivity index (χ3v) is 5.75. The zero-order chi connectivity index (χ0) is 20.8. The molecular formula is C23H28N4O2S. The average Bonchev–Trinajstić information content (AvgIpc) is 3.45. The van der Waals surface area contributed by atoms with Crippen LogP contribution in [0.3, 0.4) is 0 Å². The molecule has 1 aliphatic rings. The van der Waals surface area contributed by atoms with E-state index in [1.165, 1.54) is 19.3 Å². The maximum absolute atomic E-state index is 5.93. The second kappa shape index (κ2) is 9.80.